The summed E-state index contributed by atoms with van der Waals surface area (Å²) in [6, 6.07) is 9.55. The minimum absolute atomic E-state index is 0.490. The van der Waals surface area contributed by atoms with E-state index in [1.807, 2.05) is 18.7 Å². The monoisotopic (exact) mass is 237 g/mol. The summed E-state index contributed by atoms with van der Waals surface area (Å²) in [5.74, 6) is 3.34. The molecule has 0 spiro atoms. The number of hydrogen-bond donors (Lipinski definition) is 1. The van der Waals surface area contributed by atoms with Crippen molar-refractivity contribution in [3.05, 3.63) is 29.8 Å². The van der Waals surface area contributed by atoms with E-state index in [0.717, 1.165) is 12.4 Å². The van der Waals surface area contributed by atoms with Gasteiger partial charge in [0.2, 0.25) is 0 Å². The zero-order valence-electron chi connectivity index (χ0n) is 9.90. The Labute approximate surface area is 102 Å². The molecule has 1 fully saturated rings. The van der Waals surface area contributed by atoms with Crippen LogP contribution in [0.5, 0.6) is 5.75 Å². The van der Waals surface area contributed by atoms with E-state index in [1.54, 1.807) is 0 Å². The quantitative estimate of drug-likeness (QED) is 0.873. The van der Waals surface area contributed by atoms with Gasteiger partial charge in [-0.3, -0.25) is 0 Å². The summed E-state index contributed by atoms with van der Waals surface area (Å²) in [5, 5.41) is 3.62. The van der Waals surface area contributed by atoms with Gasteiger partial charge in [0.15, 0.2) is 0 Å². The summed E-state index contributed by atoms with van der Waals surface area (Å²) in [6.07, 6.45) is 0. The Morgan fingerprint density at radius 3 is 2.69 bits per heavy atom. The lowest BCUT2D eigenvalue weighted by Crippen LogP contribution is -2.37. The Kier molecular flexibility index (Phi) is 4.13. The predicted molar refractivity (Wildman–Crippen MR) is 70.3 cm³/mol. The van der Waals surface area contributed by atoms with Gasteiger partial charge >= 0.3 is 0 Å². The van der Waals surface area contributed by atoms with Gasteiger partial charge in [-0.2, -0.15) is 11.8 Å². The van der Waals surface area contributed by atoms with Crippen molar-refractivity contribution >= 4 is 11.8 Å². The molecule has 1 aliphatic rings. The van der Waals surface area contributed by atoms with Crippen LogP contribution >= 0.6 is 11.8 Å². The molecule has 3 heteroatoms. The lowest BCUT2D eigenvalue weighted by atomic mass is 10.1. The van der Waals surface area contributed by atoms with Crippen molar-refractivity contribution in [2.75, 3.05) is 18.1 Å². The second-order valence-corrected chi connectivity index (χ2v) is 5.23. The summed E-state index contributed by atoms with van der Waals surface area (Å²) in [7, 11) is 0. The number of benzene rings is 1. The SMILES string of the molecule is CCOc1ccc(C2CSCC(C)N2)cc1. The molecule has 1 saturated heterocycles. The molecule has 1 aliphatic heterocycles. The van der Waals surface area contributed by atoms with E-state index >= 15 is 0 Å². The molecule has 88 valence electrons. The molecule has 2 nitrogen and oxygen atoms in total. The van der Waals surface area contributed by atoms with Crippen molar-refractivity contribution in [3.8, 4) is 5.75 Å². The third kappa shape index (κ3) is 2.92. The maximum atomic E-state index is 5.44. The summed E-state index contributed by atoms with van der Waals surface area (Å²) in [4.78, 5) is 0. The van der Waals surface area contributed by atoms with Crippen LogP contribution in [0.4, 0.5) is 0 Å². The van der Waals surface area contributed by atoms with Crippen molar-refractivity contribution in [3.63, 3.8) is 0 Å². The van der Waals surface area contributed by atoms with Gasteiger partial charge in [-0.1, -0.05) is 12.1 Å². The van der Waals surface area contributed by atoms with Crippen molar-refractivity contribution in [1.29, 1.82) is 0 Å². The molecule has 0 aromatic heterocycles. The van der Waals surface area contributed by atoms with Crippen molar-refractivity contribution in [2.24, 2.45) is 0 Å². The van der Waals surface area contributed by atoms with E-state index < -0.39 is 0 Å². The van der Waals surface area contributed by atoms with Gasteiger partial charge in [0.25, 0.3) is 0 Å². The highest BCUT2D eigenvalue weighted by molar-refractivity contribution is 7.99. The van der Waals surface area contributed by atoms with Crippen molar-refractivity contribution < 1.29 is 4.74 Å². The molecule has 1 aromatic carbocycles. The summed E-state index contributed by atoms with van der Waals surface area (Å²) in [5.41, 5.74) is 1.36. The predicted octanol–water partition coefficient (Wildman–Crippen LogP) is 2.85. The second-order valence-electron chi connectivity index (χ2n) is 4.16. The van der Waals surface area contributed by atoms with Crippen molar-refractivity contribution in [2.45, 2.75) is 25.9 Å². The van der Waals surface area contributed by atoms with Crippen LogP contribution in [0.3, 0.4) is 0 Å². The Morgan fingerprint density at radius 1 is 1.31 bits per heavy atom. The van der Waals surface area contributed by atoms with Gasteiger partial charge in [-0.25, -0.2) is 0 Å². The van der Waals surface area contributed by atoms with Crippen molar-refractivity contribution in [1.82, 2.24) is 5.32 Å². The third-order valence-corrected chi connectivity index (χ3v) is 4.04. The second kappa shape index (κ2) is 5.60. The fourth-order valence-corrected chi connectivity index (χ4v) is 3.07. The topological polar surface area (TPSA) is 21.3 Å². The van der Waals surface area contributed by atoms with E-state index in [2.05, 4.69) is 36.5 Å². The van der Waals surface area contributed by atoms with Gasteiger partial charge in [0.1, 0.15) is 5.75 Å². The van der Waals surface area contributed by atoms with Gasteiger partial charge in [-0.15, -0.1) is 0 Å². The molecule has 2 unspecified atom stereocenters. The molecule has 0 saturated carbocycles. The van der Waals surface area contributed by atoms with Crippen LogP contribution in [0.2, 0.25) is 0 Å². The van der Waals surface area contributed by atoms with Crippen LogP contribution in [0.15, 0.2) is 24.3 Å². The van der Waals surface area contributed by atoms with Gasteiger partial charge in [0.05, 0.1) is 6.61 Å². The molecule has 1 N–H and O–H groups in total. The number of ether oxygens (including phenoxy) is 1. The lowest BCUT2D eigenvalue weighted by molar-refractivity contribution is 0.340. The fraction of sp³-hybridized carbons (Fsp3) is 0.538. The molecule has 0 radical (unpaired) electrons. The van der Waals surface area contributed by atoms with Crippen LogP contribution in [0.25, 0.3) is 0 Å². The van der Waals surface area contributed by atoms with Gasteiger partial charge in [0, 0.05) is 23.6 Å². The zero-order chi connectivity index (χ0) is 11.4. The lowest BCUT2D eigenvalue weighted by Gasteiger charge is -2.28. The Morgan fingerprint density at radius 2 is 2.06 bits per heavy atom. The largest absolute Gasteiger partial charge is 0.494 e. The maximum absolute atomic E-state index is 5.44. The molecule has 16 heavy (non-hydrogen) atoms. The van der Waals surface area contributed by atoms with E-state index in [-0.39, 0.29) is 0 Å². The number of rotatable bonds is 3. The maximum Gasteiger partial charge on any atom is 0.119 e. The van der Waals surface area contributed by atoms with Crippen LogP contribution in [0.1, 0.15) is 25.5 Å². The first-order chi connectivity index (χ1) is 7.79. The van der Waals surface area contributed by atoms with E-state index in [0.29, 0.717) is 12.1 Å². The van der Waals surface area contributed by atoms with Crippen LogP contribution in [-0.2, 0) is 0 Å². The molecule has 0 amide bonds. The average molecular weight is 237 g/mol. The first-order valence-electron chi connectivity index (χ1n) is 5.86. The first-order valence-corrected chi connectivity index (χ1v) is 7.01. The summed E-state index contributed by atoms with van der Waals surface area (Å²) < 4.78 is 5.44. The molecule has 1 aromatic rings. The van der Waals surface area contributed by atoms with Crippen LogP contribution in [-0.4, -0.2) is 24.2 Å². The Bertz CT molecular complexity index is 325. The smallest absolute Gasteiger partial charge is 0.119 e. The molecular weight excluding hydrogens is 218 g/mol. The number of hydrogen-bond acceptors (Lipinski definition) is 3. The third-order valence-electron chi connectivity index (χ3n) is 2.73. The van der Waals surface area contributed by atoms with Gasteiger partial charge < -0.3 is 10.1 Å². The van der Waals surface area contributed by atoms with Crippen LogP contribution in [0, 0.1) is 0 Å². The van der Waals surface area contributed by atoms with E-state index in [9.17, 15) is 0 Å². The molecule has 0 bridgehead atoms. The zero-order valence-corrected chi connectivity index (χ0v) is 10.7. The highest BCUT2D eigenvalue weighted by Crippen LogP contribution is 2.25. The first kappa shape index (κ1) is 11.8. The minimum Gasteiger partial charge on any atom is -0.494 e. The summed E-state index contributed by atoms with van der Waals surface area (Å²) >= 11 is 2.03. The molecule has 2 atom stereocenters. The fourth-order valence-electron chi connectivity index (χ4n) is 1.96. The average Bonchev–Trinajstić information content (AvgIpc) is 2.30. The Hall–Kier alpha value is -0.670. The molecule has 2 rings (SSSR count). The highest BCUT2D eigenvalue weighted by atomic mass is 32.2. The minimum atomic E-state index is 0.490. The highest BCUT2D eigenvalue weighted by Gasteiger charge is 2.19. The number of thioether (sulfide) groups is 1. The standard InChI is InChI=1S/C13H19NOS/c1-3-15-12-6-4-11(5-7-12)13-9-16-8-10(2)14-13/h4-7,10,13-14H,3,8-9H2,1-2H3. The molecule has 1 heterocycles. The Balaban J connectivity index is 2.03. The molecular formula is C13H19NOS. The van der Waals surface area contributed by atoms with E-state index in [4.69, 9.17) is 4.74 Å². The van der Waals surface area contributed by atoms with Crippen LogP contribution < -0.4 is 10.1 Å². The summed E-state index contributed by atoms with van der Waals surface area (Å²) in [6.45, 7) is 4.98. The number of nitrogens with one attached hydrogen (secondary N) is 1. The van der Waals surface area contributed by atoms with E-state index in [1.165, 1.54) is 17.1 Å². The normalized spacial score (nSPS) is 25.4. The van der Waals surface area contributed by atoms with Gasteiger partial charge in [-0.05, 0) is 31.5 Å². The molecule has 0 aliphatic carbocycles.